The van der Waals surface area contributed by atoms with Crippen LogP contribution in [-0.2, 0) is 0 Å². The summed E-state index contributed by atoms with van der Waals surface area (Å²) >= 11 is 6.50. The molecule has 12 heavy (non-hydrogen) atoms. The second-order valence-electron chi connectivity index (χ2n) is 2.22. The van der Waals surface area contributed by atoms with E-state index < -0.39 is 0 Å². The lowest BCUT2D eigenvalue weighted by molar-refractivity contribution is 0.625. The molecule has 0 fully saturated rings. The van der Waals surface area contributed by atoms with E-state index in [2.05, 4.69) is 31.9 Å². The number of hydrogen-bond acceptors (Lipinski definition) is 0. The van der Waals surface area contributed by atoms with Gasteiger partial charge in [0.05, 0.1) is 0 Å². The molecule has 0 aliphatic carbocycles. The molecule has 0 atom stereocenters. The van der Waals surface area contributed by atoms with Crippen molar-refractivity contribution in [3.63, 3.8) is 0 Å². The van der Waals surface area contributed by atoms with Crippen LogP contribution >= 0.6 is 31.9 Å². The summed E-state index contributed by atoms with van der Waals surface area (Å²) < 4.78 is 13.9. The Morgan fingerprint density at radius 1 is 1.42 bits per heavy atom. The number of rotatable bonds is 2. The molecular weight excluding hydrogens is 287 g/mol. The Bertz CT molecular complexity index is 295. The minimum Gasteiger partial charge on any atom is -0.206 e. The topological polar surface area (TPSA) is 0 Å². The van der Waals surface area contributed by atoms with Crippen LogP contribution in [0.1, 0.15) is 5.56 Å². The highest BCUT2D eigenvalue weighted by Crippen LogP contribution is 2.16. The average Bonchev–Trinajstić information content (AvgIpc) is 2.07. The molecule has 0 nitrogen and oxygen atoms in total. The maximum atomic E-state index is 13.0. The van der Waals surface area contributed by atoms with Gasteiger partial charge in [0.2, 0.25) is 0 Å². The lowest BCUT2D eigenvalue weighted by Crippen LogP contribution is -1.80. The van der Waals surface area contributed by atoms with Crippen LogP contribution in [0.3, 0.4) is 0 Å². The first-order valence-corrected chi connectivity index (χ1v) is 5.33. The summed E-state index contributed by atoms with van der Waals surface area (Å²) in [5.41, 5.74) is 0.601. The van der Waals surface area contributed by atoms with E-state index in [4.69, 9.17) is 0 Å². The lowest BCUT2D eigenvalue weighted by Gasteiger charge is -1.96. The van der Waals surface area contributed by atoms with Crippen molar-refractivity contribution < 1.29 is 4.39 Å². The van der Waals surface area contributed by atoms with E-state index in [-0.39, 0.29) is 5.82 Å². The van der Waals surface area contributed by atoms with Crippen molar-refractivity contribution in [1.82, 2.24) is 0 Å². The molecule has 1 aromatic carbocycles. The van der Waals surface area contributed by atoms with E-state index in [0.717, 1.165) is 9.80 Å². The van der Waals surface area contributed by atoms with Gasteiger partial charge in [-0.3, -0.25) is 0 Å². The van der Waals surface area contributed by atoms with E-state index in [9.17, 15) is 4.39 Å². The number of alkyl halides is 1. The molecular formula is C9H7Br2F. The second-order valence-corrected chi connectivity index (χ2v) is 3.79. The quantitative estimate of drug-likeness (QED) is 0.723. The van der Waals surface area contributed by atoms with Crippen molar-refractivity contribution in [1.29, 1.82) is 0 Å². The van der Waals surface area contributed by atoms with Gasteiger partial charge in [-0.15, -0.1) is 0 Å². The summed E-state index contributed by atoms with van der Waals surface area (Å²) in [5.74, 6) is -0.199. The van der Waals surface area contributed by atoms with Crippen LogP contribution in [0.15, 0.2) is 28.7 Å². The van der Waals surface area contributed by atoms with E-state index in [0.29, 0.717) is 5.56 Å². The molecule has 0 heterocycles. The molecule has 0 aliphatic rings. The van der Waals surface area contributed by atoms with Crippen molar-refractivity contribution in [2.24, 2.45) is 0 Å². The summed E-state index contributed by atoms with van der Waals surface area (Å²) in [5, 5.41) is 0.735. The predicted octanol–water partition coefficient (Wildman–Crippen LogP) is 4.00. The molecule has 0 aliphatic heterocycles. The molecule has 0 bridgehead atoms. The predicted molar refractivity (Wildman–Crippen MR) is 56.9 cm³/mol. The van der Waals surface area contributed by atoms with Crippen LogP contribution in [0, 0.1) is 5.82 Å². The molecule has 0 N–H and O–H groups in total. The number of allylic oxidation sites excluding steroid dienone is 1. The number of hydrogen-bond donors (Lipinski definition) is 0. The second kappa shape index (κ2) is 4.77. The van der Waals surface area contributed by atoms with Crippen LogP contribution < -0.4 is 0 Å². The Morgan fingerprint density at radius 2 is 2.17 bits per heavy atom. The molecule has 64 valence electrons. The minimum absolute atomic E-state index is 0.199. The van der Waals surface area contributed by atoms with Gasteiger partial charge in [0, 0.05) is 15.4 Å². The molecule has 0 spiro atoms. The van der Waals surface area contributed by atoms with Crippen LogP contribution in [0.4, 0.5) is 4.39 Å². The first-order valence-electron chi connectivity index (χ1n) is 3.41. The molecule has 0 aromatic heterocycles. The van der Waals surface area contributed by atoms with E-state index >= 15 is 0 Å². The number of halogens is 3. The van der Waals surface area contributed by atoms with E-state index in [1.54, 1.807) is 18.2 Å². The molecule has 0 saturated heterocycles. The standard InChI is InChI=1S/C9H7Br2F/c10-5-1-2-7-6-8(11)3-4-9(7)12/h1-4,6H,5H2. The van der Waals surface area contributed by atoms with Crippen LogP contribution in [-0.4, -0.2) is 5.33 Å². The van der Waals surface area contributed by atoms with Gasteiger partial charge < -0.3 is 0 Å². The zero-order chi connectivity index (χ0) is 8.97. The summed E-state index contributed by atoms with van der Waals surface area (Å²) in [6.45, 7) is 0. The van der Waals surface area contributed by atoms with Gasteiger partial charge in [-0.1, -0.05) is 44.0 Å². The third kappa shape index (κ3) is 2.72. The molecule has 1 aromatic rings. The maximum Gasteiger partial charge on any atom is 0.130 e. The van der Waals surface area contributed by atoms with Gasteiger partial charge in [-0.05, 0) is 18.2 Å². The third-order valence-corrected chi connectivity index (χ3v) is 2.21. The number of benzene rings is 1. The SMILES string of the molecule is Fc1ccc(Br)cc1C=CCBr. The van der Waals surface area contributed by atoms with E-state index in [1.165, 1.54) is 6.07 Å². The maximum absolute atomic E-state index is 13.0. The summed E-state index contributed by atoms with van der Waals surface area (Å²) in [6, 6.07) is 4.87. The summed E-state index contributed by atoms with van der Waals surface area (Å²) in [6.07, 6.45) is 3.60. The van der Waals surface area contributed by atoms with Crippen molar-refractivity contribution in [3.8, 4) is 0 Å². The van der Waals surface area contributed by atoms with Crippen LogP contribution in [0.25, 0.3) is 6.08 Å². The molecule has 0 radical (unpaired) electrons. The molecule has 1 rings (SSSR count). The Morgan fingerprint density at radius 3 is 2.83 bits per heavy atom. The summed E-state index contributed by atoms with van der Waals surface area (Å²) in [7, 11) is 0. The van der Waals surface area contributed by atoms with Gasteiger partial charge in [0.1, 0.15) is 5.82 Å². The Balaban J connectivity index is 2.97. The highest BCUT2D eigenvalue weighted by atomic mass is 79.9. The first-order chi connectivity index (χ1) is 5.74. The zero-order valence-corrected chi connectivity index (χ0v) is 9.40. The highest BCUT2D eigenvalue weighted by molar-refractivity contribution is 9.10. The van der Waals surface area contributed by atoms with Gasteiger partial charge in [0.15, 0.2) is 0 Å². The largest absolute Gasteiger partial charge is 0.206 e. The molecule has 3 heteroatoms. The van der Waals surface area contributed by atoms with Gasteiger partial charge in [0.25, 0.3) is 0 Å². The van der Waals surface area contributed by atoms with Gasteiger partial charge in [-0.2, -0.15) is 0 Å². The first kappa shape index (κ1) is 9.93. The van der Waals surface area contributed by atoms with Crippen molar-refractivity contribution >= 4 is 37.9 Å². The smallest absolute Gasteiger partial charge is 0.130 e. The fourth-order valence-electron chi connectivity index (χ4n) is 0.814. The minimum atomic E-state index is -0.199. The third-order valence-electron chi connectivity index (χ3n) is 1.34. The summed E-state index contributed by atoms with van der Waals surface area (Å²) in [4.78, 5) is 0. The monoisotopic (exact) mass is 292 g/mol. The van der Waals surface area contributed by atoms with Crippen molar-refractivity contribution in [2.75, 3.05) is 5.33 Å². The van der Waals surface area contributed by atoms with Gasteiger partial charge >= 0.3 is 0 Å². The van der Waals surface area contributed by atoms with Crippen LogP contribution in [0.5, 0.6) is 0 Å². The fourth-order valence-corrected chi connectivity index (χ4v) is 1.38. The van der Waals surface area contributed by atoms with Crippen molar-refractivity contribution in [3.05, 3.63) is 40.1 Å². The van der Waals surface area contributed by atoms with E-state index in [1.807, 2.05) is 6.08 Å². The lowest BCUT2D eigenvalue weighted by atomic mass is 10.2. The molecule has 0 unspecified atom stereocenters. The van der Waals surface area contributed by atoms with Crippen LogP contribution in [0.2, 0.25) is 0 Å². The Kier molecular flexibility index (Phi) is 3.95. The Labute approximate surface area is 87.7 Å². The zero-order valence-electron chi connectivity index (χ0n) is 6.23. The normalized spacial score (nSPS) is 10.9. The average molecular weight is 294 g/mol. The Hall–Kier alpha value is -0.150. The van der Waals surface area contributed by atoms with Gasteiger partial charge in [-0.25, -0.2) is 4.39 Å². The highest BCUT2D eigenvalue weighted by Gasteiger charge is 1.97. The van der Waals surface area contributed by atoms with Crippen molar-refractivity contribution in [2.45, 2.75) is 0 Å². The molecule has 0 saturated carbocycles. The molecule has 0 amide bonds. The fraction of sp³-hybridized carbons (Fsp3) is 0.111.